The Hall–Kier alpha value is -2.12. The molecular weight excluding hydrogens is 404 g/mol. The lowest BCUT2D eigenvalue weighted by Crippen LogP contribution is -2.48. The maximum absolute atomic E-state index is 10.6. The highest BCUT2D eigenvalue weighted by Crippen LogP contribution is 2.32. The van der Waals surface area contributed by atoms with Crippen molar-refractivity contribution in [1.29, 1.82) is 0 Å². The number of aliphatic hydroxyl groups is 1. The first kappa shape index (κ1) is 23.1. The molecule has 2 aromatic rings. The van der Waals surface area contributed by atoms with Crippen LogP contribution in [0.25, 0.3) is 0 Å². The van der Waals surface area contributed by atoms with Gasteiger partial charge >= 0.3 is 0 Å². The normalized spacial score (nSPS) is 20.5. The fraction of sp³-hybridized carbons (Fsp3) is 0.538. The predicted molar refractivity (Wildman–Crippen MR) is 125 cm³/mol. The van der Waals surface area contributed by atoms with E-state index in [1.165, 1.54) is 11.1 Å². The van der Waals surface area contributed by atoms with E-state index in [0.717, 1.165) is 69.0 Å². The van der Waals surface area contributed by atoms with E-state index >= 15 is 0 Å². The van der Waals surface area contributed by atoms with Gasteiger partial charge in [-0.1, -0.05) is 24.3 Å². The van der Waals surface area contributed by atoms with E-state index in [-0.39, 0.29) is 6.10 Å². The summed E-state index contributed by atoms with van der Waals surface area (Å²) in [5, 5.41) is 10.6. The molecule has 0 bridgehead atoms. The molecule has 1 aliphatic heterocycles. The van der Waals surface area contributed by atoms with E-state index in [0.29, 0.717) is 13.2 Å². The Labute approximate surface area is 191 Å². The molecule has 32 heavy (non-hydrogen) atoms. The van der Waals surface area contributed by atoms with Gasteiger partial charge in [-0.25, -0.2) is 0 Å². The predicted octanol–water partition coefficient (Wildman–Crippen LogP) is 3.28. The monoisotopic (exact) mass is 440 g/mol. The molecule has 0 aromatic heterocycles. The summed E-state index contributed by atoms with van der Waals surface area (Å²) in [5.41, 5.74) is 3.83. The number of benzene rings is 2. The van der Waals surface area contributed by atoms with Crippen molar-refractivity contribution in [2.45, 2.75) is 38.0 Å². The van der Waals surface area contributed by atoms with Gasteiger partial charge in [0.2, 0.25) is 0 Å². The minimum Gasteiger partial charge on any atom is -0.497 e. The fourth-order valence-corrected chi connectivity index (χ4v) is 4.84. The molecule has 2 aliphatic rings. The lowest BCUT2D eigenvalue weighted by atomic mass is 9.89. The van der Waals surface area contributed by atoms with E-state index in [4.69, 9.17) is 14.2 Å². The summed E-state index contributed by atoms with van der Waals surface area (Å²) in [5.74, 6) is 1.74. The maximum Gasteiger partial charge on any atom is 0.123 e. The molecule has 0 amide bonds. The summed E-state index contributed by atoms with van der Waals surface area (Å²) in [6, 6.07) is 14.5. The Morgan fingerprint density at radius 2 is 1.78 bits per heavy atom. The Bertz CT molecular complexity index is 867. The summed E-state index contributed by atoms with van der Waals surface area (Å²) >= 11 is 0. The van der Waals surface area contributed by atoms with Gasteiger partial charge in [-0.2, -0.15) is 0 Å². The minimum atomic E-state index is -0.464. The summed E-state index contributed by atoms with van der Waals surface area (Å²) in [6.07, 6.45) is 2.97. The molecule has 1 saturated heterocycles. The molecule has 0 saturated carbocycles. The van der Waals surface area contributed by atoms with Crippen molar-refractivity contribution in [2.75, 3.05) is 53.6 Å². The van der Waals surface area contributed by atoms with Crippen molar-refractivity contribution in [3.05, 3.63) is 59.2 Å². The maximum atomic E-state index is 10.6. The second-order valence-corrected chi connectivity index (χ2v) is 8.82. The van der Waals surface area contributed by atoms with Crippen molar-refractivity contribution in [3.8, 4) is 11.5 Å². The van der Waals surface area contributed by atoms with E-state index in [1.54, 1.807) is 14.2 Å². The van der Waals surface area contributed by atoms with Gasteiger partial charge in [0, 0.05) is 44.8 Å². The number of fused-ring (bicyclic) bond motifs is 1. The first-order chi connectivity index (χ1) is 15.7. The van der Waals surface area contributed by atoms with Gasteiger partial charge in [0.25, 0.3) is 0 Å². The minimum absolute atomic E-state index is 0.115. The zero-order valence-corrected chi connectivity index (χ0v) is 19.3. The second kappa shape index (κ2) is 11.1. The third-order valence-electron chi connectivity index (χ3n) is 6.62. The van der Waals surface area contributed by atoms with Gasteiger partial charge in [0.05, 0.1) is 33.0 Å². The van der Waals surface area contributed by atoms with E-state index in [1.807, 2.05) is 12.1 Å². The number of β-amino-alcohol motifs (C(OH)–C–C–N with tert-alkyl or cyclic N) is 1. The first-order valence-electron chi connectivity index (χ1n) is 11.7. The van der Waals surface area contributed by atoms with E-state index in [2.05, 4.69) is 40.1 Å². The molecule has 6 heteroatoms. The number of aryl methyl sites for hydroxylation is 1. The van der Waals surface area contributed by atoms with Gasteiger partial charge < -0.3 is 19.3 Å². The average Bonchev–Trinajstić information content (AvgIpc) is 2.84. The zero-order valence-electron chi connectivity index (χ0n) is 19.3. The van der Waals surface area contributed by atoms with Gasteiger partial charge in [0.15, 0.2) is 0 Å². The molecule has 1 fully saturated rings. The van der Waals surface area contributed by atoms with Crippen LogP contribution in [-0.4, -0.2) is 74.6 Å². The summed E-state index contributed by atoms with van der Waals surface area (Å²) in [6.45, 7) is 5.69. The molecule has 2 atom stereocenters. The second-order valence-electron chi connectivity index (χ2n) is 8.82. The number of methoxy groups -OCH3 is 2. The van der Waals surface area contributed by atoms with Crippen molar-refractivity contribution in [3.63, 3.8) is 0 Å². The number of hydrogen-bond donors (Lipinski definition) is 1. The highest BCUT2D eigenvalue weighted by Gasteiger charge is 2.23. The van der Waals surface area contributed by atoms with Gasteiger partial charge in [-0.05, 0) is 48.6 Å². The van der Waals surface area contributed by atoms with Crippen LogP contribution in [0.1, 0.15) is 35.6 Å². The number of rotatable bonds is 9. The number of hydrogen-bond acceptors (Lipinski definition) is 6. The molecule has 1 aliphatic carbocycles. The largest absolute Gasteiger partial charge is 0.497 e. The Morgan fingerprint density at radius 1 is 1.00 bits per heavy atom. The fourth-order valence-electron chi connectivity index (χ4n) is 4.84. The molecule has 4 rings (SSSR count). The van der Waals surface area contributed by atoms with Gasteiger partial charge in [0.1, 0.15) is 11.5 Å². The highest BCUT2D eigenvalue weighted by atomic mass is 16.5. The number of aliphatic hydroxyl groups excluding tert-OH is 1. The van der Waals surface area contributed by atoms with Gasteiger partial charge in [-0.15, -0.1) is 0 Å². The highest BCUT2D eigenvalue weighted by molar-refractivity contribution is 5.40. The number of piperazine rings is 1. The summed E-state index contributed by atoms with van der Waals surface area (Å²) in [4.78, 5) is 4.76. The third kappa shape index (κ3) is 5.81. The van der Waals surface area contributed by atoms with Crippen molar-refractivity contribution < 1.29 is 19.3 Å². The molecular formula is C26H36N2O4. The van der Waals surface area contributed by atoms with Crippen molar-refractivity contribution in [2.24, 2.45) is 0 Å². The van der Waals surface area contributed by atoms with Crippen LogP contribution < -0.4 is 9.47 Å². The standard InChI is InChI=1S/C26H36N2O4/c1-30-23-10-11-25(31-2)21(16-23)17-27-12-14-28(15-13-27)18-22(29)19-32-26-9-5-7-20-6-3-4-8-24(20)26/h3-4,6,8,10-11,16,22,26,29H,5,7,9,12-15,17-19H2,1-2H3/t22-,26+/m1/s1. The first-order valence-corrected chi connectivity index (χ1v) is 11.7. The SMILES string of the molecule is COc1ccc(OC)c(CN2CCN(C[C@@H](O)CO[C@H]3CCCc4ccccc43)CC2)c1. The van der Waals surface area contributed by atoms with E-state index in [9.17, 15) is 5.11 Å². The number of nitrogens with zero attached hydrogens (tertiary/aromatic N) is 2. The molecule has 1 N–H and O–H groups in total. The van der Waals surface area contributed by atoms with Gasteiger partial charge in [-0.3, -0.25) is 9.80 Å². The van der Waals surface area contributed by atoms with Crippen LogP contribution >= 0.6 is 0 Å². The number of ether oxygens (including phenoxy) is 3. The molecule has 6 nitrogen and oxygen atoms in total. The Balaban J connectivity index is 1.22. The zero-order chi connectivity index (χ0) is 22.3. The Morgan fingerprint density at radius 3 is 2.56 bits per heavy atom. The third-order valence-corrected chi connectivity index (χ3v) is 6.62. The smallest absolute Gasteiger partial charge is 0.123 e. The lowest BCUT2D eigenvalue weighted by molar-refractivity contribution is -0.0325. The van der Waals surface area contributed by atoms with Crippen LogP contribution in [0.5, 0.6) is 11.5 Å². The molecule has 2 aromatic carbocycles. The lowest BCUT2D eigenvalue weighted by Gasteiger charge is -2.36. The van der Waals surface area contributed by atoms with Crippen molar-refractivity contribution >= 4 is 0 Å². The van der Waals surface area contributed by atoms with Crippen molar-refractivity contribution in [1.82, 2.24) is 9.80 Å². The van der Waals surface area contributed by atoms with Crippen LogP contribution in [0, 0.1) is 0 Å². The topological polar surface area (TPSA) is 54.4 Å². The molecule has 0 spiro atoms. The molecule has 1 heterocycles. The van der Waals surface area contributed by atoms with E-state index < -0.39 is 6.10 Å². The molecule has 174 valence electrons. The van der Waals surface area contributed by atoms with Crippen LogP contribution in [-0.2, 0) is 17.7 Å². The van der Waals surface area contributed by atoms with Crippen LogP contribution in [0.2, 0.25) is 0 Å². The van der Waals surface area contributed by atoms with Crippen LogP contribution in [0.4, 0.5) is 0 Å². The Kier molecular flexibility index (Phi) is 8.03. The van der Waals surface area contributed by atoms with Crippen LogP contribution in [0.3, 0.4) is 0 Å². The summed E-state index contributed by atoms with van der Waals surface area (Å²) < 4.78 is 17.0. The molecule has 0 radical (unpaired) electrons. The van der Waals surface area contributed by atoms with Crippen LogP contribution in [0.15, 0.2) is 42.5 Å². The summed E-state index contributed by atoms with van der Waals surface area (Å²) in [7, 11) is 3.39. The quantitative estimate of drug-likeness (QED) is 0.646. The average molecular weight is 441 g/mol. The molecule has 0 unspecified atom stereocenters.